The van der Waals surface area contributed by atoms with Crippen molar-refractivity contribution in [1.29, 1.82) is 0 Å². The highest BCUT2D eigenvalue weighted by molar-refractivity contribution is 8.01. The summed E-state index contributed by atoms with van der Waals surface area (Å²) in [6.07, 6.45) is 0. The van der Waals surface area contributed by atoms with Crippen molar-refractivity contribution in [3.8, 4) is 0 Å². The molecule has 7 heteroatoms. The van der Waals surface area contributed by atoms with Crippen LogP contribution in [0.25, 0.3) is 0 Å². The maximum atomic E-state index is 11.6. The van der Waals surface area contributed by atoms with E-state index in [1.54, 1.807) is 11.8 Å². The molecule has 0 fully saturated rings. The Morgan fingerprint density at radius 2 is 2.16 bits per heavy atom. The van der Waals surface area contributed by atoms with Gasteiger partial charge in [-0.15, -0.1) is 16.9 Å². The van der Waals surface area contributed by atoms with Gasteiger partial charge >= 0.3 is 6.03 Å². The van der Waals surface area contributed by atoms with Crippen molar-refractivity contribution in [1.82, 2.24) is 14.9 Å². The fraction of sp³-hybridized carbons (Fsp3) is 0.250. The molecule has 0 atom stereocenters. The molecule has 0 bridgehead atoms. The standard InChI is InChI=1S/C12H14N4OS2/c1-9-11(19-16-15-9)18-8-7-13-12(17)14-10-5-3-2-4-6-10/h2-6H,7-8H2,1H3,(H2,13,14,17). The van der Waals surface area contributed by atoms with Crippen LogP contribution in [-0.2, 0) is 0 Å². The quantitative estimate of drug-likeness (QED) is 0.657. The number of carbonyl (C=O) groups excluding carboxylic acids is 1. The van der Waals surface area contributed by atoms with Crippen LogP contribution in [0, 0.1) is 6.92 Å². The van der Waals surface area contributed by atoms with Crippen LogP contribution in [0.2, 0.25) is 0 Å². The van der Waals surface area contributed by atoms with Crippen LogP contribution < -0.4 is 10.6 Å². The number of nitrogens with zero attached hydrogens (tertiary/aromatic N) is 2. The molecule has 0 radical (unpaired) electrons. The molecular formula is C12H14N4OS2. The van der Waals surface area contributed by atoms with Crippen molar-refractivity contribution in [3.63, 3.8) is 0 Å². The summed E-state index contributed by atoms with van der Waals surface area (Å²) in [6, 6.07) is 9.17. The third kappa shape index (κ3) is 4.53. The molecule has 0 spiro atoms. The van der Waals surface area contributed by atoms with Gasteiger partial charge in [0, 0.05) is 18.0 Å². The molecule has 0 aliphatic carbocycles. The van der Waals surface area contributed by atoms with Gasteiger partial charge in [0.15, 0.2) is 0 Å². The number of urea groups is 1. The topological polar surface area (TPSA) is 66.9 Å². The first-order valence-electron chi connectivity index (χ1n) is 5.77. The van der Waals surface area contributed by atoms with E-state index in [-0.39, 0.29) is 6.03 Å². The van der Waals surface area contributed by atoms with Crippen molar-refractivity contribution in [3.05, 3.63) is 36.0 Å². The lowest BCUT2D eigenvalue weighted by Gasteiger charge is -2.06. The largest absolute Gasteiger partial charge is 0.337 e. The zero-order chi connectivity index (χ0) is 13.5. The third-order valence-electron chi connectivity index (χ3n) is 2.26. The van der Waals surface area contributed by atoms with E-state index < -0.39 is 0 Å². The first kappa shape index (κ1) is 13.8. The number of benzene rings is 1. The van der Waals surface area contributed by atoms with Crippen molar-refractivity contribution >= 4 is 35.0 Å². The van der Waals surface area contributed by atoms with Gasteiger partial charge in [-0.25, -0.2) is 4.79 Å². The number of thioether (sulfide) groups is 1. The predicted octanol–water partition coefficient (Wildman–Crippen LogP) is 2.76. The monoisotopic (exact) mass is 294 g/mol. The third-order valence-corrected chi connectivity index (χ3v) is 4.43. The summed E-state index contributed by atoms with van der Waals surface area (Å²) < 4.78 is 4.96. The zero-order valence-electron chi connectivity index (χ0n) is 10.4. The van der Waals surface area contributed by atoms with Gasteiger partial charge in [-0.2, -0.15) is 0 Å². The van der Waals surface area contributed by atoms with Crippen molar-refractivity contribution in [2.45, 2.75) is 11.1 Å². The molecule has 1 heterocycles. The average Bonchev–Trinajstić information content (AvgIpc) is 2.81. The van der Waals surface area contributed by atoms with Gasteiger partial charge in [0.25, 0.3) is 0 Å². The number of hydrogen-bond donors (Lipinski definition) is 2. The second kappa shape index (κ2) is 7.10. The predicted molar refractivity (Wildman–Crippen MR) is 78.8 cm³/mol. The number of hydrogen-bond acceptors (Lipinski definition) is 5. The number of amides is 2. The smallest absolute Gasteiger partial charge is 0.319 e. The Balaban J connectivity index is 1.66. The molecule has 19 heavy (non-hydrogen) atoms. The van der Waals surface area contributed by atoms with E-state index >= 15 is 0 Å². The van der Waals surface area contributed by atoms with Crippen molar-refractivity contribution < 1.29 is 4.79 Å². The first-order chi connectivity index (χ1) is 9.25. The first-order valence-corrected chi connectivity index (χ1v) is 7.53. The lowest BCUT2D eigenvalue weighted by atomic mass is 10.3. The minimum absolute atomic E-state index is 0.189. The van der Waals surface area contributed by atoms with Gasteiger partial charge in [-0.3, -0.25) is 0 Å². The second-order valence-corrected chi connectivity index (χ2v) is 5.86. The Morgan fingerprint density at radius 1 is 1.37 bits per heavy atom. The van der Waals surface area contributed by atoms with E-state index in [0.29, 0.717) is 6.54 Å². The Labute approximate surface area is 120 Å². The van der Waals surface area contributed by atoms with Crippen LogP contribution in [0.1, 0.15) is 5.69 Å². The average molecular weight is 294 g/mol. The number of aryl methyl sites for hydroxylation is 1. The van der Waals surface area contributed by atoms with Crippen LogP contribution in [0.5, 0.6) is 0 Å². The lowest BCUT2D eigenvalue weighted by Crippen LogP contribution is -2.30. The highest BCUT2D eigenvalue weighted by atomic mass is 32.2. The number of anilines is 1. The van der Waals surface area contributed by atoms with Gasteiger partial charge in [-0.05, 0) is 30.6 Å². The van der Waals surface area contributed by atoms with Crippen LogP contribution in [0.15, 0.2) is 34.5 Å². The highest BCUT2D eigenvalue weighted by Crippen LogP contribution is 2.23. The van der Waals surface area contributed by atoms with Crippen LogP contribution in [0.4, 0.5) is 10.5 Å². The molecule has 2 N–H and O–H groups in total. The van der Waals surface area contributed by atoms with E-state index in [9.17, 15) is 4.79 Å². The molecule has 0 aliphatic heterocycles. The molecule has 1 aromatic heterocycles. The fourth-order valence-corrected chi connectivity index (χ4v) is 2.97. The van der Waals surface area contributed by atoms with Crippen LogP contribution >= 0.6 is 23.3 Å². The Bertz CT molecular complexity index is 530. The lowest BCUT2D eigenvalue weighted by molar-refractivity contribution is 0.252. The maximum Gasteiger partial charge on any atom is 0.319 e. The van der Waals surface area contributed by atoms with Crippen LogP contribution in [-0.4, -0.2) is 27.9 Å². The van der Waals surface area contributed by atoms with Gasteiger partial charge in [-0.1, -0.05) is 22.7 Å². The molecular weight excluding hydrogens is 280 g/mol. The summed E-state index contributed by atoms with van der Waals surface area (Å²) in [5, 5.41) is 9.51. The molecule has 1 aromatic carbocycles. The summed E-state index contributed by atoms with van der Waals surface area (Å²) in [5.41, 5.74) is 1.74. The van der Waals surface area contributed by atoms with E-state index in [1.165, 1.54) is 11.5 Å². The number of carbonyl (C=O) groups is 1. The van der Waals surface area contributed by atoms with Crippen molar-refractivity contribution in [2.24, 2.45) is 0 Å². The summed E-state index contributed by atoms with van der Waals surface area (Å²) >= 11 is 3.04. The molecule has 2 amide bonds. The summed E-state index contributed by atoms with van der Waals surface area (Å²) in [5.74, 6) is 0.799. The zero-order valence-corrected chi connectivity index (χ0v) is 12.1. The van der Waals surface area contributed by atoms with Gasteiger partial charge in [0.05, 0.1) is 5.69 Å². The highest BCUT2D eigenvalue weighted by Gasteiger charge is 2.04. The van der Waals surface area contributed by atoms with E-state index in [1.807, 2.05) is 37.3 Å². The van der Waals surface area contributed by atoms with E-state index in [4.69, 9.17) is 0 Å². The summed E-state index contributed by atoms with van der Waals surface area (Å²) in [6.45, 7) is 2.53. The Kier molecular flexibility index (Phi) is 5.17. The Hall–Kier alpha value is -1.60. The normalized spacial score (nSPS) is 10.2. The number of aromatic nitrogens is 2. The molecule has 0 saturated carbocycles. The Morgan fingerprint density at radius 3 is 2.84 bits per heavy atom. The number of rotatable bonds is 5. The minimum atomic E-state index is -0.189. The van der Waals surface area contributed by atoms with Gasteiger partial charge in [0.2, 0.25) is 0 Å². The van der Waals surface area contributed by atoms with Gasteiger partial charge in [0.1, 0.15) is 4.21 Å². The number of nitrogens with one attached hydrogen (secondary N) is 2. The van der Waals surface area contributed by atoms with Crippen LogP contribution in [0.3, 0.4) is 0 Å². The second-order valence-electron chi connectivity index (χ2n) is 3.74. The van der Waals surface area contributed by atoms with E-state index in [2.05, 4.69) is 20.2 Å². The molecule has 2 rings (SSSR count). The van der Waals surface area contributed by atoms with E-state index in [0.717, 1.165) is 21.3 Å². The molecule has 2 aromatic rings. The SMILES string of the molecule is Cc1nnsc1SCCNC(=O)Nc1ccccc1. The summed E-state index contributed by atoms with van der Waals surface area (Å²) in [7, 11) is 0. The number of para-hydroxylation sites is 1. The molecule has 100 valence electrons. The maximum absolute atomic E-state index is 11.6. The molecule has 0 unspecified atom stereocenters. The van der Waals surface area contributed by atoms with Crippen molar-refractivity contribution in [2.75, 3.05) is 17.6 Å². The fourth-order valence-electron chi connectivity index (χ4n) is 1.36. The minimum Gasteiger partial charge on any atom is -0.337 e. The molecule has 0 aliphatic rings. The van der Waals surface area contributed by atoms with Gasteiger partial charge < -0.3 is 10.6 Å². The molecule has 0 saturated heterocycles. The molecule has 5 nitrogen and oxygen atoms in total. The summed E-state index contributed by atoms with van der Waals surface area (Å²) in [4.78, 5) is 11.6.